The number of nitrogens with two attached hydrogens (primary N) is 1. The van der Waals surface area contributed by atoms with E-state index in [4.69, 9.17) is 5.73 Å². The molecule has 0 atom stereocenters. The maximum absolute atomic E-state index is 5.69. The maximum atomic E-state index is 5.69. The molecule has 2 aromatic heterocycles. The van der Waals surface area contributed by atoms with E-state index in [-0.39, 0.29) is 0 Å². The minimum atomic E-state index is 0.618. The normalized spacial score (nSPS) is 11.0. The largest absolute Gasteiger partial charge is 0.329 e. The van der Waals surface area contributed by atoms with E-state index in [9.17, 15) is 0 Å². The smallest absolute Gasteiger partial charge is 0.0544 e. The van der Waals surface area contributed by atoms with Gasteiger partial charge in [-0.25, -0.2) is 0 Å². The molecule has 0 aliphatic rings. The van der Waals surface area contributed by atoms with Gasteiger partial charge in [0.25, 0.3) is 0 Å². The van der Waals surface area contributed by atoms with Gasteiger partial charge in [-0.15, -0.1) is 0 Å². The molecular weight excluding hydrogens is 384 g/mol. The summed E-state index contributed by atoms with van der Waals surface area (Å²) in [5.74, 6) is 0. The fourth-order valence-electron chi connectivity index (χ4n) is 1.85. The third-order valence-corrected chi connectivity index (χ3v) is 3.73. The van der Waals surface area contributed by atoms with Crippen molar-refractivity contribution in [3.05, 3.63) is 57.0 Å². The van der Waals surface area contributed by atoms with Crippen molar-refractivity contribution < 1.29 is 0 Å². The number of nitrogens with zero attached hydrogens (tertiary/aromatic N) is 3. The molecule has 6 heteroatoms. The van der Waals surface area contributed by atoms with Gasteiger partial charge >= 0.3 is 0 Å². The summed E-state index contributed by atoms with van der Waals surface area (Å²) in [4.78, 5) is 11.0. The summed E-state index contributed by atoms with van der Waals surface area (Å²) >= 11 is 6.78. The van der Waals surface area contributed by atoms with Crippen LogP contribution in [-0.4, -0.2) is 28.0 Å². The topological polar surface area (TPSA) is 55.0 Å². The highest BCUT2D eigenvalue weighted by Crippen LogP contribution is 2.12. The van der Waals surface area contributed by atoms with Crippen molar-refractivity contribution in [2.24, 2.45) is 5.73 Å². The fraction of sp³-hybridized carbons (Fsp3) is 0.286. The van der Waals surface area contributed by atoms with Gasteiger partial charge in [0.2, 0.25) is 0 Å². The number of hydrogen-bond acceptors (Lipinski definition) is 4. The molecule has 0 aromatic carbocycles. The monoisotopic (exact) mass is 398 g/mol. The molecule has 0 aliphatic heterocycles. The Balaban J connectivity index is 2.02. The Bertz CT molecular complexity index is 480. The first-order chi connectivity index (χ1) is 9.67. The van der Waals surface area contributed by atoms with Crippen LogP contribution in [0.1, 0.15) is 11.4 Å². The van der Waals surface area contributed by atoms with E-state index in [1.807, 2.05) is 36.7 Å². The summed E-state index contributed by atoms with van der Waals surface area (Å²) in [6.45, 7) is 2.97. The molecule has 0 bridgehead atoms. The van der Waals surface area contributed by atoms with Crippen molar-refractivity contribution in [2.45, 2.75) is 13.1 Å². The van der Waals surface area contributed by atoms with E-state index in [1.165, 1.54) is 0 Å². The molecule has 0 fully saturated rings. The van der Waals surface area contributed by atoms with Crippen LogP contribution >= 0.6 is 31.9 Å². The highest BCUT2D eigenvalue weighted by Gasteiger charge is 2.08. The standard InChI is InChI=1S/C14H16Br2N4/c15-11-1-3-13(18-7-11)9-20(6-5-17)10-14-4-2-12(16)8-19-14/h1-4,7-8H,5-6,9-10,17H2. The first-order valence-electron chi connectivity index (χ1n) is 6.30. The molecule has 106 valence electrons. The lowest BCUT2D eigenvalue weighted by molar-refractivity contribution is 0.258. The minimum absolute atomic E-state index is 0.618. The van der Waals surface area contributed by atoms with Crippen molar-refractivity contribution in [2.75, 3.05) is 13.1 Å². The molecule has 0 saturated heterocycles. The molecule has 4 nitrogen and oxygen atoms in total. The van der Waals surface area contributed by atoms with E-state index in [2.05, 4.69) is 46.7 Å². The van der Waals surface area contributed by atoms with Crippen molar-refractivity contribution in [3.8, 4) is 0 Å². The van der Waals surface area contributed by atoms with Crippen LogP contribution in [0.4, 0.5) is 0 Å². The van der Waals surface area contributed by atoms with Crippen LogP contribution in [0.5, 0.6) is 0 Å². The van der Waals surface area contributed by atoms with Crippen molar-refractivity contribution in [3.63, 3.8) is 0 Å². The van der Waals surface area contributed by atoms with Crippen LogP contribution in [-0.2, 0) is 13.1 Å². The van der Waals surface area contributed by atoms with E-state index in [1.54, 1.807) is 0 Å². The molecular formula is C14H16Br2N4. The third-order valence-electron chi connectivity index (χ3n) is 2.79. The lowest BCUT2D eigenvalue weighted by Crippen LogP contribution is -2.29. The summed E-state index contributed by atoms with van der Waals surface area (Å²) in [6, 6.07) is 8.03. The Kier molecular flexibility index (Phi) is 6.09. The van der Waals surface area contributed by atoms with E-state index in [0.717, 1.165) is 40.0 Å². The first kappa shape index (κ1) is 15.6. The van der Waals surface area contributed by atoms with Crippen LogP contribution in [0.15, 0.2) is 45.6 Å². The molecule has 2 heterocycles. The van der Waals surface area contributed by atoms with Gasteiger partial charge in [0.15, 0.2) is 0 Å². The first-order valence-corrected chi connectivity index (χ1v) is 7.89. The Hall–Kier alpha value is -0.820. The summed E-state index contributed by atoms with van der Waals surface area (Å²) in [5, 5.41) is 0. The van der Waals surface area contributed by atoms with Crippen LogP contribution in [0.25, 0.3) is 0 Å². The number of pyridine rings is 2. The molecule has 0 saturated carbocycles. The van der Waals surface area contributed by atoms with Gasteiger partial charge < -0.3 is 5.73 Å². The maximum Gasteiger partial charge on any atom is 0.0544 e. The predicted octanol–water partition coefficient (Wildman–Crippen LogP) is 2.96. The van der Waals surface area contributed by atoms with Gasteiger partial charge in [-0.2, -0.15) is 0 Å². The Labute approximate surface area is 135 Å². The van der Waals surface area contributed by atoms with Crippen LogP contribution in [0.3, 0.4) is 0 Å². The third kappa shape index (κ3) is 4.94. The average molecular weight is 400 g/mol. The van der Waals surface area contributed by atoms with Crippen LogP contribution in [0, 0.1) is 0 Å². The summed E-state index contributed by atoms with van der Waals surface area (Å²) in [5.41, 5.74) is 7.74. The SMILES string of the molecule is NCCN(Cc1ccc(Br)cn1)Cc1ccc(Br)cn1. The van der Waals surface area contributed by atoms with E-state index >= 15 is 0 Å². The summed E-state index contributed by atoms with van der Waals surface area (Å²) in [7, 11) is 0. The fourth-order valence-corrected chi connectivity index (χ4v) is 2.32. The quantitative estimate of drug-likeness (QED) is 0.811. The minimum Gasteiger partial charge on any atom is -0.329 e. The Morgan fingerprint density at radius 3 is 1.75 bits per heavy atom. The van der Waals surface area contributed by atoms with Gasteiger partial charge in [0.1, 0.15) is 0 Å². The van der Waals surface area contributed by atoms with E-state index < -0.39 is 0 Å². The lowest BCUT2D eigenvalue weighted by Gasteiger charge is -2.20. The number of halogens is 2. The molecule has 0 amide bonds. The summed E-state index contributed by atoms with van der Waals surface area (Å²) in [6.07, 6.45) is 3.63. The van der Waals surface area contributed by atoms with Gasteiger partial charge in [0.05, 0.1) is 11.4 Å². The number of rotatable bonds is 6. The second-order valence-electron chi connectivity index (χ2n) is 4.43. The zero-order chi connectivity index (χ0) is 14.4. The molecule has 0 spiro atoms. The molecule has 0 unspecified atom stereocenters. The number of aromatic nitrogens is 2. The van der Waals surface area contributed by atoms with Crippen LogP contribution < -0.4 is 5.73 Å². The molecule has 2 rings (SSSR count). The molecule has 2 N–H and O–H groups in total. The predicted molar refractivity (Wildman–Crippen MR) is 87.0 cm³/mol. The van der Waals surface area contributed by atoms with Crippen LogP contribution in [0.2, 0.25) is 0 Å². The zero-order valence-corrected chi connectivity index (χ0v) is 14.1. The van der Waals surface area contributed by atoms with Gasteiger partial charge in [-0.3, -0.25) is 14.9 Å². The van der Waals surface area contributed by atoms with Gasteiger partial charge in [-0.05, 0) is 56.1 Å². The molecule has 20 heavy (non-hydrogen) atoms. The van der Waals surface area contributed by atoms with Crippen molar-refractivity contribution >= 4 is 31.9 Å². The van der Waals surface area contributed by atoms with Gasteiger partial charge in [0, 0.05) is 47.5 Å². The van der Waals surface area contributed by atoms with Crippen molar-refractivity contribution in [1.82, 2.24) is 14.9 Å². The number of hydrogen-bond donors (Lipinski definition) is 1. The molecule has 0 aliphatic carbocycles. The summed E-state index contributed by atoms with van der Waals surface area (Å²) < 4.78 is 1.97. The average Bonchev–Trinajstić information content (AvgIpc) is 2.44. The van der Waals surface area contributed by atoms with Crippen molar-refractivity contribution in [1.29, 1.82) is 0 Å². The lowest BCUT2D eigenvalue weighted by atomic mass is 10.3. The second-order valence-corrected chi connectivity index (χ2v) is 6.27. The highest BCUT2D eigenvalue weighted by atomic mass is 79.9. The Morgan fingerprint density at radius 2 is 1.40 bits per heavy atom. The zero-order valence-electron chi connectivity index (χ0n) is 11.0. The molecule has 0 radical (unpaired) electrons. The molecule has 2 aromatic rings. The highest BCUT2D eigenvalue weighted by molar-refractivity contribution is 9.10. The second kappa shape index (κ2) is 7.83. The Morgan fingerprint density at radius 1 is 0.900 bits per heavy atom. The van der Waals surface area contributed by atoms with Gasteiger partial charge in [-0.1, -0.05) is 0 Å². The van der Waals surface area contributed by atoms with E-state index in [0.29, 0.717) is 6.54 Å².